The van der Waals surface area contributed by atoms with Gasteiger partial charge in [0, 0.05) is 4.90 Å². The van der Waals surface area contributed by atoms with Crippen LogP contribution in [0.2, 0.25) is 5.02 Å². The third-order valence-electron chi connectivity index (χ3n) is 1.64. The summed E-state index contributed by atoms with van der Waals surface area (Å²) in [5, 5.41) is 1.81. The van der Waals surface area contributed by atoms with Gasteiger partial charge in [0.2, 0.25) is 0 Å². The van der Waals surface area contributed by atoms with Crippen molar-refractivity contribution in [1.82, 2.24) is 5.32 Å². The quantitative estimate of drug-likeness (QED) is 0.794. The lowest BCUT2D eigenvalue weighted by Crippen LogP contribution is -2.33. The van der Waals surface area contributed by atoms with E-state index in [9.17, 15) is 18.0 Å². The summed E-state index contributed by atoms with van der Waals surface area (Å²) in [6, 6.07) is 4.23. The Balaban J connectivity index is 2.77. The highest BCUT2D eigenvalue weighted by Crippen LogP contribution is 2.20. The number of amides is 1. The van der Waals surface area contributed by atoms with Crippen LogP contribution in [0.1, 0.15) is 10.4 Å². The molecule has 0 fully saturated rings. The second kappa shape index (κ2) is 4.97. The molecule has 0 bridgehead atoms. The first-order valence-corrected chi connectivity index (χ1v) is 4.95. The van der Waals surface area contributed by atoms with E-state index in [1.807, 2.05) is 0 Å². The zero-order chi connectivity index (χ0) is 12.3. The number of carbonyl (C=O) groups is 1. The van der Waals surface area contributed by atoms with E-state index in [4.69, 9.17) is 11.6 Å². The highest BCUT2D eigenvalue weighted by Gasteiger charge is 2.28. The van der Waals surface area contributed by atoms with Crippen molar-refractivity contribution < 1.29 is 18.0 Å². The van der Waals surface area contributed by atoms with E-state index in [1.165, 1.54) is 18.2 Å². The van der Waals surface area contributed by atoms with Crippen LogP contribution in [0.5, 0.6) is 0 Å². The second-order valence-electron chi connectivity index (χ2n) is 2.96. The normalized spacial score (nSPS) is 11.3. The molecule has 0 saturated carbocycles. The molecule has 88 valence electrons. The Morgan fingerprint density at radius 3 is 2.62 bits per heavy atom. The van der Waals surface area contributed by atoms with Crippen LogP contribution in [0.4, 0.5) is 13.2 Å². The summed E-state index contributed by atoms with van der Waals surface area (Å²) in [5.41, 5.74) is -0.0292. The average Bonchev–Trinajstić information content (AvgIpc) is 2.17. The topological polar surface area (TPSA) is 29.1 Å². The summed E-state index contributed by atoms with van der Waals surface area (Å²) < 4.78 is 35.5. The lowest BCUT2D eigenvalue weighted by molar-refractivity contribution is -0.123. The molecule has 1 N–H and O–H groups in total. The monoisotopic (exact) mass is 269 g/mol. The summed E-state index contributed by atoms with van der Waals surface area (Å²) >= 11 is 9.63. The van der Waals surface area contributed by atoms with E-state index >= 15 is 0 Å². The molecule has 0 aliphatic carbocycles. The minimum Gasteiger partial charge on any atom is -0.343 e. The molecule has 1 rings (SSSR count). The van der Waals surface area contributed by atoms with Crippen molar-refractivity contribution in [3.05, 3.63) is 28.8 Å². The van der Waals surface area contributed by atoms with Crippen molar-refractivity contribution in [2.75, 3.05) is 6.54 Å². The molecule has 0 aliphatic heterocycles. The summed E-state index contributed by atoms with van der Waals surface area (Å²) in [5.74, 6) is -0.877. The van der Waals surface area contributed by atoms with Crippen LogP contribution in [-0.2, 0) is 0 Å². The lowest BCUT2D eigenvalue weighted by Gasteiger charge is -2.09. The van der Waals surface area contributed by atoms with Gasteiger partial charge in [-0.25, -0.2) is 0 Å². The third-order valence-corrected chi connectivity index (χ3v) is 2.25. The molecule has 0 aromatic heterocycles. The minimum atomic E-state index is -4.44. The maximum absolute atomic E-state index is 11.8. The Kier molecular flexibility index (Phi) is 4.09. The molecular formula is C9H7ClF3NOS. The van der Waals surface area contributed by atoms with Gasteiger partial charge in [-0.1, -0.05) is 11.6 Å². The second-order valence-corrected chi connectivity index (χ2v) is 3.89. The first-order chi connectivity index (χ1) is 7.29. The number of hydrogen-bond donors (Lipinski definition) is 2. The van der Waals surface area contributed by atoms with Gasteiger partial charge in [0.15, 0.2) is 0 Å². The molecule has 1 aromatic carbocycles. The van der Waals surface area contributed by atoms with Crippen molar-refractivity contribution in [3.63, 3.8) is 0 Å². The van der Waals surface area contributed by atoms with E-state index in [1.54, 1.807) is 5.32 Å². The number of alkyl halides is 3. The van der Waals surface area contributed by atoms with Gasteiger partial charge in [-0.2, -0.15) is 13.2 Å². The Morgan fingerprint density at radius 1 is 1.44 bits per heavy atom. The van der Waals surface area contributed by atoms with Crippen LogP contribution in [0.3, 0.4) is 0 Å². The number of halogens is 4. The summed E-state index contributed by atoms with van der Waals surface area (Å²) in [6.07, 6.45) is -4.44. The van der Waals surface area contributed by atoms with Gasteiger partial charge < -0.3 is 5.32 Å². The van der Waals surface area contributed by atoms with Gasteiger partial charge in [-0.3, -0.25) is 4.79 Å². The van der Waals surface area contributed by atoms with Gasteiger partial charge in [0.25, 0.3) is 5.91 Å². The SMILES string of the molecule is O=C(NCC(F)(F)F)c1cc(S)ccc1Cl. The van der Waals surface area contributed by atoms with Gasteiger partial charge in [-0.15, -0.1) is 12.6 Å². The molecule has 0 aliphatic rings. The Labute approximate surface area is 100 Å². The molecule has 1 amide bonds. The largest absolute Gasteiger partial charge is 0.405 e. The highest BCUT2D eigenvalue weighted by atomic mass is 35.5. The van der Waals surface area contributed by atoms with E-state index in [0.29, 0.717) is 4.90 Å². The fraction of sp³-hybridized carbons (Fsp3) is 0.222. The molecule has 7 heteroatoms. The highest BCUT2D eigenvalue weighted by molar-refractivity contribution is 7.80. The standard InChI is InChI=1S/C9H7ClF3NOS/c10-7-2-1-5(16)3-6(7)8(15)14-4-9(11,12)13/h1-3,16H,4H2,(H,14,15). The van der Waals surface area contributed by atoms with Crippen molar-refractivity contribution in [2.24, 2.45) is 0 Å². The maximum Gasteiger partial charge on any atom is 0.405 e. The molecule has 0 saturated heterocycles. The number of hydrogen-bond acceptors (Lipinski definition) is 2. The molecular weight excluding hydrogens is 263 g/mol. The van der Waals surface area contributed by atoms with E-state index in [0.717, 1.165) is 0 Å². The molecule has 0 atom stereocenters. The lowest BCUT2D eigenvalue weighted by atomic mass is 10.2. The summed E-state index contributed by atoms with van der Waals surface area (Å²) in [4.78, 5) is 11.8. The van der Waals surface area contributed by atoms with Crippen LogP contribution >= 0.6 is 24.2 Å². The molecule has 1 aromatic rings. The Morgan fingerprint density at radius 2 is 2.06 bits per heavy atom. The Bertz CT molecular complexity index is 408. The smallest absolute Gasteiger partial charge is 0.343 e. The van der Waals surface area contributed by atoms with E-state index in [-0.39, 0.29) is 10.6 Å². The van der Waals surface area contributed by atoms with Crippen LogP contribution in [0.15, 0.2) is 23.1 Å². The fourth-order valence-electron chi connectivity index (χ4n) is 0.963. The minimum absolute atomic E-state index is 0.0292. The number of carbonyl (C=O) groups excluding carboxylic acids is 1. The first kappa shape index (κ1) is 13.2. The summed E-state index contributed by atoms with van der Waals surface area (Å²) in [7, 11) is 0. The van der Waals surface area contributed by atoms with E-state index < -0.39 is 18.6 Å². The van der Waals surface area contributed by atoms with Crippen molar-refractivity contribution in [3.8, 4) is 0 Å². The number of benzene rings is 1. The van der Waals surface area contributed by atoms with Crippen LogP contribution in [0.25, 0.3) is 0 Å². The molecule has 2 nitrogen and oxygen atoms in total. The van der Waals surface area contributed by atoms with Crippen LogP contribution < -0.4 is 5.32 Å². The zero-order valence-electron chi connectivity index (χ0n) is 7.81. The number of thiol groups is 1. The van der Waals surface area contributed by atoms with Crippen molar-refractivity contribution >= 4 is 30.1 Å². The fourth-order valence-corrected chi connectivity index (χ4v) is 1.37. The summed E-state index contributed by atoms with van der Waals surface area (Å²) in [6.45, 7) is -1.39. The van der Waals surface area contributed by atoms with Crippen molar-refractivity contribution in [1.29, 1.82) is 0 Å². The first-order valence-electron chi connectivity index (χ1n) is 4.13. The van der Waals surface area contributed by atoms with Crippen LogP contribution in [0, 0.1) is 0 Å². The average molecular weight is 270 g/mol. The van der Waals surface area contributed by atoms with Gasteiger partial charge in [-0.05, 0) is 18.2 Å². The number of nitrogens with one attached hydrogen (secondary N) is 1. The predicted octanol–water partition coefficient (Wildman–Crippen LogP) is 2.92. The molecule has 16 heavy (non-hydrogen) atoms. The third kappa shape index (κ3) is 3.94. The molecule has 0 heterocycles. The van der Waals surface area contributed by atoms with E-state index in [2.05, 4.69) is 12.6 Å². The van der Waals surface area contributed by atoms with Crippen LogP contribution in [-0.4, -0.2) is 18.6 Å². The number of rotatable bonds is 2. The maximum atomic E-state index is 11.8. The van der Waals surface area contributed by atoms with Crippen molar-refractivity contribution in [2.45, 2.75) is 11.1 Å². The molecule has 0 radical (unpaired) electrons. The van der Waals surface area contributed by atoms with Gasteiger partial charge in [0.1, 0.15) is 6.54 Å². The Hall–Kier alpha value is -0.880. The molecule has 0 spiro atoms. The van der Waals surface area contributed by atoms with Gasteiger partial charge >= 0.3 is 6.18 Å². The van der Waals surface area contributed by atoms with Gasteiger partial charge in [0.05, 0.1) is 10.6 Å². The predicted molar refractivity (Wildman–Crippen MR) is 57.1 cm³/mol. The molecule has 0 unspecified atom stereocenters. The zero-order valence-corrected chi connectivity index (χ0v) is 9.46.